The molecule has 1 amide bonds. The summed E-state index contributed by atoms with van der Waals surface area (Å²) < 4.78 is 0. The van der Waals surface area contributed by atoms with Crippen LogP contribution in [0.1, 0.15) is 39.0 Å². The van der Waals surface area contributed by atoms with Gasteiger partial charge >= 0.3 is 0 Å². The van der Waals surface area contributed by atoms with Crippen molar-refractivity contribution >= 4 is 11.7 Å². The number of oxime groups is 1. The Morgan fingerprint density at radius 3 is 2.82 bits per heavy atom. The van der Waals surface area contributed by atoms with Gasteiger partial charge in [0, 0.05) is 12.5 Å². The summed E-state index contributed by atoms with van der Waals surface area (Å²) in [6, 6.07) is 0.308. The lowest BCUT2D eigenvalue weighted by Gasteiger charge is -2.14. The lowest BCUT2D eigenvalue weighted by atomic mass is 10.2. The van der Waals surface area contributed by atoms with Crippen LogP contribution in [0.2, 0.25) is 0 Å². The Labute approximate surface area is 102 Å². The van der Waals surface area contributed by atoms with Gasteiger partial charge in [-0.15, -0.1) is 0 Å². The van der Waals surface area contributed by atoms with Gasteiger partial charge in [-0.1, -0.05) is 12.1 Å². The number of nitrogens with one attached hydrogen (secondary N) is 2. The summed E-state index contributed by atoms with van der Waals surface area (Å²) in [6.07, 6.45) is 4.27. The monoisotopic (exact) mass is 242 g/mol. The minimum Gasteiger partial charge on any atom is -0.409 e. The van der Waals surface area contributed by atoms with Crippen LogP contribution in [0.3, 0.4) is 0 Å². The van der Waals surface area contributed by atoms with Crippen LogP contribution in [0.4, 0.5) is 0 Å². The van der Waals surface area contributed by atoms with Crippen molar-refractivity contribution in [3.05, 3.63) is 0 Å². The summed E-state index contributed by atoms with van der Waals surface area (Å²) in [6.45, 7) is 2.64. The van der Waals surface area contributed by atoms with Gasteiger partial charge in [-0.3, -0.25) is 4.79 Å². The molecule has 0 aromatic rings. The van der Waals surface area contributed by atoms with Gasteiger partial charge in [0.15, 0.2) is 5.84 Å². The van der Waals surface area contributed by atoms with E-state index in [1.165, 1.54) is 0 Å². The van der Waals surface area contributed by atoms with Crippen molar-refractivity contribution in [2.75, 3.05) is 6.54 Å². The molecule has 1 fully saturated rings. The molecule has 1 aliphatic rings. The van der Waals surface area contributed by atoms with Gasteiger partial charge in [-0.2, -0.15) is 0 Å². The van der Waals surface area contributed by atoms with Crippen molar-refractivity contribution in [3.8, 4) is 0 Å². The van der Waals surface area contributed by atoms with E-state index in [1.807, 2.05) is 6.92 Å². The highest BCUT2D eigenvalue weighted by Crippen LogP contribution is 2.18. The van der Waals surface area contributed by atoms with Gasteiger partial charge in [0.25, 0.3) is 0 Å². The first-order valence-electron chi connectivity index (χ1n) is 6.17. The highest BCUT2D eigenvalue weighted by Gasteiger charge is 2.22. The van der Waals surface area contributed by atoms with E-state index >= 15 is 0 Å². The second-order valence-corrected chi connectivity index (χ2v) is 4.39. The zero-order chi connectivity index (χ0) is 12.7. The van der Waals surface area contributed by atoms with Crippen molar-refractivity contribution in [2.45, 2.75) is 51.1 Å². The fraction of sp³-hybridized carbons (Fsp3) is 0.818. The normalized spacial score (nSPS) is 17.8. The average molecular weight is 242 g/mol. The molecule has 1 atom stereocenters. The summed E-state index contributed by atoms with van der Waals surface area (Å²) in [5.41, 5.74) is 5.50. The highest BCUT2D eigenvalue weighted by molar-refractivity contribution is 5.85. The van der Waals surface area contributed by atoms with Crippen LogP contribution >= 0.6 is 0 Å². The molecular weight excluding hydrogens is 220 g/mol. The quantitative estimate of drug-likeness (QED) is 0.160. The highest BCUT2D eigenvalue weighted by atomic mass is 16.4. The molecule has 0 aromatic carbocycles. The van der Waals surface area contributed by atoms with Crippen molar-refractivity contribution in [3.63, 3.8) is 0 Å². The van der Waals surface area contributed by atoms with Gasteiger partial charge in [-0.25, -0.2) is 0 Å². The summed E-state index contributed by atoms with van der Waals surface area (Å²) in [5, 5.41) is 17.6. The molecule has 1 unspecified atom stereocenters. The predicted molar refractivity (Wildman–Crippen MR) is 65.9 cm³/mol. The minimum atomic E-state index is -0.119. The Balaban J connectivity index is 2.07. The average Bonchev–Trinajstić information content (AvgIpc) is 3.12. The maximum absolute atomic E-state index is 11.4. The molecule has 0 saturated heterocycles. The van der Waals surface area contributed by atoms with E-state index in [4.69, 9.17) is 10.9 Å². The van der Waals surface area contributed by atoms with Gasteiger partial charge in [-0.05, 0) is 32.2 Å². The first-order chi connectivity index (χ1) is 8.17. The lowest BCUT2D eigenvalue weighted by Crippen LogP contribution is -2.41. The molecule has 5 N–H and O–H groups in total. The topological polar surface area (TPSA) is 99.7 Å². The molecule has 0 spiro atoms. The number of carbonyl (C=O) groups is 1. The molecule has 1 saturated carbocycles. The molecule has 98 valence electrons. The summed E-state index contributed by atoms with van der Waals surface area (Å²) in [5.74, 6) is 0.307. The molecule has 0 aromatic heterocycles. The fourth-order valence-electron chi connectivity index (χ4n) is 1.58. The zero-order valence-corrected chi connectivity index (χ0v) is 10.3. The van der Waals surface area contributed by atoms with E-state index in [1.54, 1.807) is 0 Å². The number of nitrogens with two attached hydrogens (primary N) is 1. The lowest BCUT2D eigenvalue weighted by molar-refractivity contribution is -0.121. The fourth-order valence-corrected chi connectivity index (χ4v) is 1.58. The number of amides is 1. The SMILES string of the molecule is CCC(NCCCC(=O)NC1CC1)C(N)=NO. The predicted octanol–water partition coefficient (Wildman–Crippen LogP) is 0.160. The van der Waals surface area contributed by atoms with Crippen molar-refractivity contribution < 1.29 is 10.0 Å². The van der Waals surface area contributed by atoms with E-state index in [-0.39, 0.29) is 17.8 Å². The molecule has 0 radical (unpaired) electrons. The number of rotatable bonds is 8. The van der Waals surface area contributed by atoms with Gasteiger partial charge in [0.2, 0.25) is 5.91 Å². The van der Waals surface area contributed by atoms with Gasteiger partial charge < -0.3 is 21.6 Å². The number of carbonyl (C=O) groups excluding carboxylic acids is 1. The minimum absolute atomic E-state index is 0.117. The largest absolute Gasteiger partial charge is 0.409 e. The van der Waals surface area contributed by atoms with Crippen LogP contribution in [0.5, 0.6) is 0 Å². The van der Waals surface area contributed by atoms with Crippen LogP contribution in [0, 0.1) is 0 Å². The van der Waals surface area contributed by atoms with Crippen LogP contribution in [0.25, 0.3) is 0 Å². The smallest absolute Gasteiger partial charge is 0.220 e. The summed E-state index contributed by atoms with van der Waals surface area (Å²) >= 11 is 0. The van der Waals surface area contributed by atoms with Gasteiger partial charge in [0.1, 0.15) is 0 Å². The number of nitrogens with zero attached hydrogens (tertiary/aromatic N) is 1. The maximum Gasteiger partial charge on any atom is 0.220 e. The van der Waals surface area contributed by atoms with Crippen LogP contribution in [-0.4, -0.2) is 35.6 Å². The number of hydrogen-bond donors (Lipinski definition) is 4. The molecule has 17 heavy (non-hydrogen) atoms. The second kappa shape index (κ2) is 7.11. The molecule has 1 aliphatic carbocycles. The van der Waals surface area contributed by atoms with E-state index in [0.717, 1.165) is 25.7 Å². The second-order valence-electron chi connectivity index (χ2n) is 4.39. The molecule has 6 nitrogen and oxygen atoms in total. The molecule has 6 heteroatoms. The number of hydrogen-bond acceptors (Lipinski definition) is 4. The number of amidine groups is 1. The molecule has 1 rings (SSSR count). The van der Waals surface area contributed by atoms with Crippen molar-refractivity contribution in [1.29, 1.82) is 0 Å². The van der Waals surface area contributed by atoms with E-state index in [9.17, 15) is 4.79 Å². The van der Waals surface area contributed by atoms with Gasteiger partial charge in [0.05, 0.1) is 6.04 Å². The maximum atomic E-state index is 11.4. The Morgan fingerprint density at radius 2 is 2.29 bits per heavy atom. The summed E-state index contributed by atoms with van der Waals surface area (Å²) in [7, 11) is 0. The third-order valence-corrected chi connectivity index (χ3v) is 2.79. The van der Waals surface area contributed by atoms with Crippen molar-refractivity contribution in [2.24, 2.45) is 10.9 Å². The Morgan fingerprint density at radius 1 is 1.59 bits per heavy atom. The van der Waals surface area contributed by atoms with Crippen molar-refractivity contribution in [1.82, 2.24) is 10.6 Å². The molecule has 0 aliphatic heterocycles. The van der Waals surface area contributed by atoms with Crippen LogP contribution < -0.4 is 16.4 Å². The van der Waals surface area contributed by atoms with Crippen LogP contribution in [-0.2, 0) is 4.79 Å². The van der Waals surface area contributed by atoms with E-state index in [2.05, 4.69) is 15.8 Å². The van der Waals surface area contributed by atoms with Crippen LogP contribution in [0.15, 0.2) is 5.16 Å². The first kappa shape index (κ1) is 13.8. The summed E-state index contributed by atoms with van der Waals surface area (Å²) in [4.78, 5) is 11.4. The first-order valence-corrected chi connectivity index (χ1v) is 6.17. The van der Waals surface area contributed by atoms with E-state index < -0.39 is 0 Å². The molecular formula is C11H22N4O2. The standard InChI is InChI=1S/C11H22N4O2/c1-2-9(11(12)15-17)13-7-3-4-10(16)14-8-5-6-8/h8-9,13,17H,2-7H2,1H3,(H2,12,15)(H,14,16). The third-order valence-electron chi connectivity index (χ3n) is 2.79. The zero-order valence-electron chi connectivity index (χ0n) is 10.3. The molecule has 0 heterocycles. The Hall–Kier alpha value is -1.30. The Bertz CT molecular complexity index is 277. The van der Waals surface area contributed by atoms with E-state index in [0.29, 0.717) is 19.0 Å². The molecule has 0 bridgehead atoms. The Kier molecular flexibility index (Phi) is 5.76. The third kappa shape index (κ3) is 5.53.